The van der Waals surface area contributed by atoms with Crippen LogP contribution in [0.5, 0.6) is 0 Å². The summed E-state index contributed by atoms with van der Waals surface area (Å²) >= 11 is 7.02. The molecule has 3 rings (SSSR count). The molecule has 1 saturated heterocycles. The first-order valence-corrected chi connectivity index (χ1v) is 17.0. The number of ether oxygens (including phenoxy) is 4. The fourth-order valence-corrected chi connectivity index (χ4v) is 8.08. The van der Waals surface area contributed by atoms with Gasteiger partial charge in [-0.2, -0.15) is 23.5 Å². The summed E-state index contributed by atoms with van der Waals surface area (Å²) in [6, 6.07) is 20.0. The first-order chi connectivity index (χ1) is 19.6. The van der Waals surface area contributed by atoms with Crippen molar-refractivity contribution in [3.63, 3.8) is 0 Å². The summed E-state index contributed by atoms with van der Waals surface area (Å²) in [6.45, 7) is 8.88. The Morgan fingerprint density at radius 1 is 0.750 bits per heavy atom. The van der Waals surface area contributed by atoms with Crippen LogP contribution in [0.2, 0.25) is 0 Å². The Hall–Kier alpha value is -1.82. The first kappa shape index (κ1) is 32.7. The van der Waals surface area contributed by atoms with E-state index in [9.17, 15) is 9.59 Å². The van der Waals surface area contributed by atoms with E-state index in [0.29, 0.717) is 48.4 Å². The third-order valence-electron chi connectivity index (χ3n) is 5.51. The number of rotatable bonds is 18. The third kappa shape index (κ3) is 13.2. The van der Waals surface area contributed by atoms with E-state index in [0.717, 1.165) is 21.3 Å². The maximum absolute atomic E-state index is 11.8. The van der Waals surface area contributed by atoms with Crippen LogP contribution in [0.25, 0.3) is 0 Å². The molecule has 0 aliphatic carbocycles. The van der Waals surface area contributed by atoms with Gasteiger partial charge in [-0.3, -0.25) is 0 Å². The highest BCUT2D eigenvalue weighted by Gasteiger charge is 2.24. The molecule has 1 fully saturated rings. The highest BCUT2D eigenvalue weighted by molar-refractivity contribution is 8.07. The van der Waals surface area contributed by atoms with E-state index in [1.54, 1.807) is 23.5 Å². The lowest BCUT2D eigenvalue weighted by molar-refractivity contribution is -0.145. The number of carbonyl (C=O) groups is 2. The van der Waals surface area contributed by atoms with Crippen LogP contribution in [0, 0.1) is 0 Å². The highest BCUT2D eigenvalue weighted by Crippen LogP contribution is 2.30. The lowest BCUT2D eigenvalue weighted by Crippen LogP contribution is -2.32. The van der Waals surface area contributed by atoms with Gasteiger partial charge in [0.2, 0.25) is 0 Å². The molecule has 10 heteroatoms. The van der Waals surface area contributed by atoms with Crippen LogP contribution in [-0.4, -0.2) is 84.1 Å². The third-order valence-corrected chi connectivity index (χ3v) is 11.0. The molecule has 0 saturated carbocycles. The Balaban J connectivity index is 1.33. The van der Waals surface area contributed by atoms with Crippen LogP contribution in [0.3, 0.4) is 0 Å². The predicted octanol–water partition coefficient (Wildman–Crippen LogP) is 6.02. The normalized spacial score (nSPS) is 18.3. The van der Waals surface area contributed by atoms with E-state index in [-0.39, 0.29) is 12.2 Å². The Bertz CT molecular complexity index is 948. The lowest BCUT2D eigenvalue weighted by Gasteiger charge is -2.28. The van der Waals surface area contributed by atoms with Crippen LogP contribution in [0.15, 0.2) is 95.8 Å². The van der Waals surface area contributed by atoms with Crippen LogP contribution >= 0.6 is 47.0 Å². The molecule has 0 spiro atoms. The second-order valence-corrected chi connectivity index (χ2v) is 13.6. The van der Waals surface area contributed by atoms with E-state index in [4.69, 9.17) is 18.9 Å². The first-order valence-electron chi connectivity index (χ1n) is 13.0. The van der Waals surface area contributed by atoms with Crippen LogP contribution in [0.4, 0.5) is 0 Å². The van der Waals surface area contributed by atoms with Crippen molar-refractivity contribution in [3.8, 4) is 0 Å². The second-order valence-electron chi connectivity index (χ2n) is 8.76. The number of esters is 2. The van der Waals surface area contributed by atoms with Crippen molar-refractivity contribution in [2.75, 3.05) is 49.4 Å². The zero-order chi connectivity index (χ0) is 28.4. The monoisotopic (exact) mass is 620 g/mol. The SMILES string of the molecule is C=CC(=O)OC(COCC1CSC(COCC(CSc2ccccc2)OC(=O)C=C)CS1)CSc1ccccc1. The van der Waals surface area contributed by atoms with Gasteiger partial charge in [0.15, 0.2) is 0 Å². The van der Waals surface area contributed by atoms with Crippen molar-refractivity contribution in [3.05, 3.63) is 86.0 Å². The summed E-state index contributed by atoms with van der Waals surface area (Å²) < 4.78 is 22.9. The predicted molar refractivity (Wildman–Crippen MR) is 169 cm³/mol. The van der Waals surface area contributed by atoms with Gasteiger partial charge in [0.05, 0.1) is 26.4 Å². The standard InChI is InChI=1S/C30H36O6S4/c1-3-29(31)35-23(19-37-25-11-7-5-8-12-25)15-33-17-27-21-40-28(22-39-27)18-34-16-24(36-30(32)4-2)20-38-26-13-9-6-10-14-26/h3-14,23-24,27-28H,1-2,15-22H2. The van der Waals surface area contributed by atoms with Crippen molar-refractivity contribution < 1.29 is 28.5 Å². The Kier molecular flexibility index (Phi) is 15.8. The van der Waals surface area contributed by atoms with E-state index >= 15 is 0 Å². The van der Waals surface area contributed by atoms with E-state index in [1.807, 2.05) is 84.2 Å². The van der Waals surface area contributed by atoms with Crippen molar-refractivity contribution >= 4 is 59.0 Å². The summed E-state index contributed by atoms with van der Waals surface area (Å²) in [5.41, 5.74) is 0. The molecule has 1 heterocycles. The van der Waals surface area contributed by atoms with Gasteiger partial charge in [-0.05, 0) is 24.3 Å². The van der Waals surface area contributed by atoms with Crippen LogP contribution in [0.1, 0.15) is 0 Å². The maximum Gasteiger partial charge on any atom is 0.330 e. The summed E-state index contributed by atoms with van der Waals surface area (Å²) in [7, 11) is 0. The topological polar surface area (TPSA) is 71.1 Å². The average Bonchev–Trinajstić information content (AvgIpc) is 3.00. The fraction of sp³-hybridized carbons (Fsp3) is 0.400. The van der Waals surface area contributed by atoms with Crippen molar-refractivity contribution in [1.82, 2.24) is 0 Å². The molecule has 4 atom stereocenters. The minimum Gasteiger partial charge on any atom is -0.456 e. The van der Waals surface area contributed by atoms with Gasteiger partial charge < -0.3 is 18.9 Å². The highest BCUT2D eigenvalue weighted by atomic mass is 32.2. The Morgan fingerprint density at radius 2 is 1.15 bits per heavy atom. The van der Waals surface area contributed by atoms with Crippen LogP contribution < -0.4 is 0 Å². The number of carbonyl (C=O) groups excluding carboxylic acids is 2. The second kappa shape index (κ2) is 19.3. The molecule has 6 nitrogen and oxygen atoms in total. The molecular formula is C30H36O6S4. The van der Waals surface area contributed by atoms with Gasteiger partial charge in [0.25, 0.3) is 0 Å². The van der Waals surface area contributed by atoms with Gasteiger partial charge in [0, 0.05) is 55.5 Å². The number of hydrogen-bond donors (Lipinski definition) is 0. The smallest absolute Gasteiger partial charge is 0.330 e. The van der Waals surface area contributed by atoms with Crippen molar-refractivity contribution in [2.24, 2.45) is 0 Å². The molecular weight excluding hydrogens is 585 g/mol. The Morgan fingerprint density at radius 3 is 1.50 bits per heavy atom. The van der Waals surface area contributed by atoms with E-state index < -0.39 is 11.9 Å². The molecule has 1 aliphatic rings. The molecule has 0 radical (unpaired) electrons. The van der Waals surface area contributed by atoms with Crippen molar-refractivity contribution in [1.29, 1.82) is 0 Å². The summed E-state index contributed by atoms with van der Waals surface area (Å²) in [6.07, 6.45) is 1.68. The molecule has 40 heavy (non-hydrogen) atoms. The molecule has 1 aliphatic heterocycles. The van der Waals surface area contributed by atoms with Gasteiger partial charge in [-0.15, -0.1) is 23.5 Å². The maximum atomic E-state index is 11.8. The zero-order valence-electron chi connectivity index (χ0n) is 22.4. The largest absolute Gasteiger partial charge is 0.456 e. The van der Waals surface area contributed by atoms with E-state index in [2.05, 4.69) is 13.2 Å². The van der Waals surface area contributed by atoms with Crippen LogP contribution in [-0.2, 0) is 28.5 Å². The average molecular weight is 621 g/mol. The number of benzene rings is 2. The molecule has 4 unspecified atom stereocenters. The van der Waals surface area contributed by atoms with Crippen molar-refractivity contribution in [2.45, 2.75) is 32.5 Å². The minimum atomic E-state index is -0.437. The molecule has 0 N–H and O–H groups in total. The minimum absolute atomic E-state index is 0.346. The Labute approximate surface area is 254 Å². The molecule has 0 bridgehead atoms. The van der Waals surface area contributed by atoms with Gasteiger partial charge in [-0.25, -0.2) is 9.59 Å². The van der Waals surface area contributed by atoms with Gasteiger partial charge in [0.1, 0.15) is 12.2 Å². The quantitative estimate of drug-likeness (QED) is 0.112. The fourth-order valence-electron chi connectivity index (χ4n) is 3.51. The molecule has 2 aromatic carbocycles. The molecule has 2 aromatic rings. The lowest BCUT2D eigenvalue weighted by atomic mass is 10.4. The molecule has 216 valence electrons. The van der Waals surface area contributed by atoms with E-state index in [1.165, 1.54) is 12.2 Å². The number of thioether (sulfide) groups is 4. The summed E-state index contributed by atoms with van der Waals surface area (Å²) in [4.78, 5) is 25.8. The van der Waals surface area contributed by atoms with Gasteiger partial charge >= 0.3 is 11.9 Å². The number of hydrogen-bond acceptors (Lipinski definition) is 10. The molecule has 0 amide bonds. The summed E-state index contributed by atoms with van der Waals surface area (Å²) in [5, 5.41) is 0.727. The zero-order valence-corrected chi connectivity index (χ0v) is 25.7. The summed E-state index contributed by atoms with van der Waals surface area (Å²) in [5.74, 6) is 2.26. The van der Waals surface area contributed by atoms with Gasteiger partial charge in [-0.1, -0.05) is 49.6 Å². The molecule has 0 aromatic heterocycles.